The third-order valence-corrected chi connectivity index (χ3v) is 3.26. The molecule has 0 radical (unpaired) electrons. The molecule has 0 aliphatic carbocycles. The van der Waals surface area contributed by atoms with Gasteiger partial charge in [0.15, 0.2) is 11.6 Å². The lowest BCUT2D eigenvalue weighted by molar-refractivity contribution is -0.141. The van der Waals surface area contributed by atoms with Crippen molar-refractivity contribution in [1.29, 1.82) is 5.41 Å². The Balaban J connectivity index is 1.74. The first-order valence-corrected chi connectivity index (χ1v) is 6.47. The number of nitrogens with one attached hydrogen (secondary N) is 1. The van der Waals surface area contributed by atoms with Crippen LogP contribution in [0.1, 0.15) is 25.0 Å². The van der Waals surface area contributed by atoms with Crippen LogP contribution in [0, 0.1) is 5.41 Å². The van der Waals surface area contributed by atoms with E-state index in [0.717, 1.165) is 0 Å². The van der Waals surface area contributed by atoms with Crippen LogP contribution in [0.15, 0.2) is 23.2 Å². The molecular formula is C14H17N3O3. The molecule has 2 aliphatic heterocycles. The number of rotatable bonds is 3. The monoisotopic (exact) mass is 275 g/mol. The number of aliphatic imine (C=N–C) groups is 1. The van der Waals surface area contributed by atoms with E-state index in [2.05, 4.69) is 4.99 Å². The van der Waals surface area contributed by atoms with Gasteiger partial charge >= 0.3 is 0 Å². The van der Waals surface area contributed by atoms with E-state index in [1.165, 1.54) is 0 Å². The highest BCUT2D eigenvalue weighted by Gasteiger charge is 2.33. The molecule has 106 valence electrons. The molecule has 1 aromatic rings. The Kier molecular flexibility index (Phi) is 2.99. The smallest absolute Gasteiger partial charge is 0.163 e. The van der Waals surface area contributed by atoms with Gasteiger partial charge in [0.2, 0.25) is 0 Å². The van der Waals surface area contributed by atoms with Gasteiger partial charge in [0, 0.05) is 5.56 Å². The van der Waals surface area contributed by atoms with Crippen molar-refractivity contribution in [3.63, 3.8) is 0 Å². The topological polar surface area (TPSA) is 89.9 Å². The van der Waals surface area contributed by atoms with Crippen LogP contribution in [0.5, 0.6) is 5.75 Å². The Morgan fingerprint density at radius 3 is 3.00 bits per heavy atom. The van der Waals surface area contributed by atoms with Gasteiger partial charge in [-0.15, -0.1) is 0 Å². The second kappa shape index (κ2) is 4.57. The number of nitrogens with two attached hydrogens (primary N) is 1. The summed E-state index contributed by atoms with van der Waals surface area (Å²) in [4.78, 5) is 3.96. The molecule has 0 aromatic heterocycles. The van der Waals surface area contributed by atoms with E-state index in [-0.39, 0.29) is 11.9 Å². The highest BCUT2D eigenvalue weighted by Crippen LogP contribution is 2.28. The minimum absolute atomic E-state index is 0.111. The van der Waals surface area contributed by atoms with Crippen molar-refractivity contribution in [3.05, 3.63) is 29.3 Å². The summed E-state index contributed by atoms with van der Waals surface area (Å²) >= 11 is 0. The van der Waals surface area contributed by atoms with Gasteiger partial charge in [-0.3, -0.25) is 5.41 Å². The minimum Gasteiger partial charge on any atom is -0.490 e. The third-order valence-electron chi connectivity index (χ3n) is 3.26. The van der Waals surface area contributed by atoms with Crippen molar-refractivity contribution in [1.82, 2.24) is 0 Å². The summed E-state index contributed by atoms with van der Waals surface area (Å²) in [7, 11) is 0. The van der Waals surface area contributed by atoms with Crippen LogP contribution >= 0.6 is 0 Å². The Morgan fingerprint density at radius 1 is 1.50 bits per heavy atom. The number of ether oxygens (including phenoxy) is 3. The normalized spacial score (nSPS) is 23.6. The van der Waals surface area contributed by atoms with Gasteiger partial charge < -0.3 is 19.9 Å². The molecule has 0 spiro atoms. The van der Waals surface area contributed by atoms with E-state index in [4.69, 9.17) is 25.4 Å². The standard InChI is InChI=1S/C14H17N3O3/c1-14(2)19-7-8(20-14)6-18-10-5-3-4-9-11(10)13(16)17-12(9)15/h3-5,8H,6-7H2,1-2H3,(H3,15,16,17). The molecule has 1 unspecified atom stereocenters. The molecule has 0 saturated carbocycles. The molecule has 20 heavy (non-hydrogen) atoms. The van der Waals surface area contributed by atoms with Gasteiger partial charge in [-0.05, 0) is 19.9 Å². The first-order chi connectivity index (χ1) is 9.46. The van der Waals surface area contributed by atoms with E-state index in [9.17, 15) is 0 Å². The quantitative estimate of drug-likeness (QED) is 0.869. The Morgan fingerprint density at radius 2 is 2.30 bits per heavy atom. The van der Waals surface area contributed by atoms with Crippen LogP contribution in [0.3, 0.4) is 0 Å². The molecule has 1 aromatic carbocycles. The van der Waals surface area contributed by atoms with Crippen molar-refractivity contribution in [2.24, 2.45) is 10.7 Å². The largest absolute Gasteiger partial charge is 0.490 e. The molecule has 6 heteroatoms. The minimum atomic E-state index is -0.560. The number of fused-ring (bicyclic) bond motifs is 1. The predicted molar refractivity (Wildman–Crippen MR) is 74.4 cm³/mol. The summed E-state index contributed by atoms with van der Waals surface area (Å²) in [6.45, 7) is 4.63. The van der Waals surface area contributed by atoms with Gasteiger partial charge in [-0.1, -0.05) is 12.1 Å². The maximum Gasteiger partial charge on any atom is 0.163 e. The zero-order valence-electron chi connectivity index (χ0n) is 11.5. The molecule has 2 aliphatic rings. The molecule has 1 saturated heterocycles. The zero-order chi connectivity index (χ0) is 14.3. The predicted octanol–water partition coefficient (Wildman–Crippen LogP) is 1.26. The fourth-order valence-corrected chi connectivity index (χ4v) is 2.38. The van der Waals surface area contributed by atoms with Crippen LogP contribution in [0.2, 0.25) is 0 Å². The molecule has 1 atom stereocenters. The molecule has 0 amide bonds. The van der Waals surface area contributed by atoms with E-state index >= 15 is 0 Å². The summed E-state index contributed by atoms with van der Waals surface area (Å²) in [5, 5.41) is 7.74. The SMILES string of the molecule is CC1(C)OCC(COc2cccc3c2C(N)=NC3=N)O1. The average molecular weight is 275 g/mol. The van der Waals surface area contributed by atoms with Crippen LogP contribution in [0.25, 0.3) is 0 Å². The third kappa shape index (κ3) is 2.28. The van der Waals surface area contributed by atoms with E-state index in [1.54, 1.807) is 0 Å². The van der Waals surface area contributed by atoms with Crippen molar-refractivity contribution >= 4 is 11.7 Å². The average Bonchev–Trinajstić information content (AvgIpc) is 2.88. The Labute approximate surface area is 117 Å². The number of amidine groups is 2. The molecule has 0 bridgehead atoms. The molecule has 2 heterocycles. The fraction of sp³-hybridized carbons (Fsp3) is 0.429. The lowest BCUT2D eigenvalue weighted by Gasteiger charge is -2.18. The number of benzene rings is 1. The lowest BCUT2D eigenvalue weighted by atomic mass is 10.1. The molecule has 3 rings (SSSR count). The maximum atomic E-state index is 7.74. The first kappa shape index (κ1) is 13.1. The van der Waals surface area contributed by atoms with Gasteiger partial charge in [0.05, 0.1) is 12.2 Å². The highest BCUT2D eigenvalue weighted by atomic mass is 16.7. The van der Waals surface area contributed by atoms with Crippen LogP contribution < -0.4 is 10.5 Å². The summed E-state index contributed by atoms with van der Waals surface area (Å²) in [6.07, 6.45) is -0.111. The van der Waals surface area contributed by atoms with E-state index < -0.39 is 5.79 Å². The van der Waals surface area contributed by atoms with E-state index in [0.29, 0.717) is 35.9 Å². The Bertz CT molecular complexity index is 595. The molecule has 3 N–H and O–H groups in total. The van der Waals surface area contributed by atoms with E-state index in [1.807, 2.05) is 32.0 Å². The fourth-order valence-electron chi connectivity index (χ4n) is 2.38. The van der Waals surface area contributed by atoms with Crippen molar-refractivity contribution in [2.75, 3.05) is 13.2 Å². The number of nitrogens with zero attached hydrogens (tertiary/aromatic N) is 1. The second-order valence-electron chi connectivity index (χ2n) is 5.29. The van der Waals surface area contributed by atoms with Crippen LogP contribution in [0.4, 0.5) is 0 Å². The van der Waals surface area contributed by atoms with Gasteiger partial charge in [-0.2, -0.15) is 0 Å². The highest BCUT2D eigenvalue weighted by molar-refractivity contribution is 6.22. The second-order valence-corrected chi connectivity index (χ2v) is 5.29. The molecule has 1 fully saturated rings. The van der Waals surface area contributed by atoms with Gasteiger partial charge in [0.1, 0.15) is 24.3 Å². The van der Waals surface area contributed by atoms with Crippen molar-refractivity contribution in [3.8, 4) is 5.75 Å². The van der Waals surface area contributed by atoms with Crippen LogP contribution in [-0.2, 0) is 9.47 Å². The summed E-state index contributed by atoms with van der Waals surface area (Å²) in [6, 6.07) is 5.46. The molecule has 6 nitrogen and oxygen atoms in total. The number of hydrogen-bond acceptors (Lipinski definition) is 5. The van der Waals surface area contributed by atoms with Gasteiger partial charge in [0.25, 0.3) is 0 Å². The lowest BCUT2D eigenvalue weighted by Crippen LogP contribution is -2.25. The van der Waals surface area contributed by atoms with Crippen molar-refractivity contribution in [2.45, 2.75) is 25.7 Å². The summed E-state index contributed by atoms with van der Waals surface area (Å²) in [5.41, 5.74) is 7.23. The van der Waals surface area contributed by atoms with Crippen LogP contribution in [-0.4, -0.2) is 36.8 Å². The number of hydrogen-bond donors (Lipinski definition) is 2. The molecular weight excluding hydrogens is 258 g/mol. The van der Waals surface area contributed by atoms with Gasteiger partial charge in [-0.25, -0.2) is 4.99 Å². The first-order valence-electron chi connectivity index (χ1n) is 6.47. The maximum absolute atomic E-state index is 7.74. The Hall–Kier alpha value is -1.92. The summed E-state index contributed by atoms with van der Waals surface area (Å²) in [5.74, 6) is 0.559. The van der Waals surface area contributed by atoms with Crippen molar-refractivity contribution < 1.29 is 14.2 Å². The summed E-state index contributed by atoms with van der Waals surface area (Å²) < 4.78 is 17.0. The zero-order valence-corrected chi connectivity index (χ0v) is 11.5.